The summed E-state index contributed by atoms with van der Waals surface area (Å²) in [7, 11) is 0. The molecule has 4 aliphatic rings. The van der Waals surface area contributed by atoms with Crippen LogP contribution in [0.4, 0.5) is 11.4 Å². The van der Waals surface area contributed by atoms with Gasteiger partial charge in [0.1, 0.15) is 11.0 Å². The Morgan fingerprint density at radius 2 is 1.83 bits per heavy atom. The first-order valence-electron chi connectivity index (χ1n) is 12.3. The first-order valence-corrected chi connectivity index (χ1v) is 12.3. The lowest BCUT2D eigenvalue weighted by atomic mass is 9.57. The van der Waals surface area contributed by atoms with Crippen LogP contribution in [0.3, 0.4) is 0 Å². The van der Waals surface area contributed by atoms with Gasteiger partial charge in [-0.25, -0.2) is 0 Å². The number of nitrogens with zero attached hydrogens (tertiary/aromatic N) is 1. The van der Waals surface area contributed by atoms with Gasteiger partial charge in [-0.15, -0.1) is 0 Å². The smallest absolute Gasteiger partial charge is 0.251 e. The molecule has 2 N–H and O–H groups in total. The summed E-state index contributed by atoms with van der Waals surface area (Å²) in [5.74, 6) is -1.33. The number of carbonyl (C=O) groups is 3. The predicted molar refractivity (Wildman–Crippen MR) is 129 cm³/mol. The van der Waals surface area contributed by atoms with E-state index in [9.17, 15) is 14.4 Å². The summed E-state index contributed by atoms with van der Waals surface area (Å²) < 4.78 is 5.57. The van der Waals surface area contributed by atoms with Crippen molar-refractivity contribution < 1.29 is 18.8 Å². The van der Waals surface area contributed by atoms with Crippen LogP contribution in [0.5, 0.6) is 0 Å². The Kier molecular flexibility index (Phi) is 4.08. The number of Topliss-reactive ketones (excluding diaryl/α,β-unsaturated/α-hetero) is 1. The number of fused-ring (bicyclic) bond motifs is 7. The van der Waals surface area contributed by atoms with E-state index >= 15 is 0 Å². The highest BCUT2D eigenvalue weighted by molar-refractivity contribution is 6.20. The molecular formula is C28H25N3O4. The lowest BCUT2D eigenvalue weighted by Gasteiger charge is -2.43. The van der Waals surface area contributed by atoms with Crippen molar-refractivity contribution in [3.8, 4) is 0 Å². The van der Waals surface area contributed by atoms with Gasteiger partial charge in [-0.05, 0) is 61.2 Å². The van der Waals surface area contributed by atoms with E-state index < -0.39 is 16.9 Å². The third-order valence-corrected chi connectivity index (χ3v) is 8.62. The van der Waals surface area contributed by atoms with Gasteiger partial charge in [-0.3, -0.25) is 19.3 Å². The molecule has 7 heteroatoms. The maximum Gasteiger partial charge on any atom is 0.251 e. The number of hydrogen-bond acceptors (Lipinski definition) is 5. The molecule has 2 saturated heterocycles. The molecule has 176 valence electrons. The van der Waals surface area contributed by atoms with Crippen LogP contribution in [0.15, 0.2) is 65.3 Å². The Hall–Kier alpha value is -3.71. The zero-order chi connectivity index (χ0) is 23.9. The third kappa shape index (κ3) is 2.23. The summed E-state index contributed by atoms with van der Waals surface area (Å²) in [4.78, 5) is 45.0. The second-order valence-corrected chi connectivity index (χ2v) is 9.93. The minimum absolute atomic E-state index is 0.219. The van der Waals surface area contributed by atoms with Crippen LogP contribution in [0.2, 0.25) is 0 Å². The predicted octanol–water partition coefficient (Wildman–Crippen LogP) is 3.86. The molecule has 35 heavy (non-hydrogen) atoms. The standard InChI is InChI=1S/C28H25N3O4/c1-2-16-11-12-20-18(15-16)28(26(34)30-20)27(17-7-3-4-8-19(17)29-25(27)33)23(21-9-5-13-31(21)28)24(32)22-10-6-14-35-22/h3-4,6-8,10-12,14-15,21,23H,2,5,9,13H2,1H3,(H,29,33)(H,30,34)/t21-,23-,27+,28+/m0/s1. The number of benzene rings is 2. The Bertz CT molecular complexity index is 1410. The van der Waals surface area contributed by atoms with Crippen LogP contribution < -0.4 is 10.6 Å². The fourth-order valence-electron chi connectivity index (χ4n) is 7.42. The zero-order valence-corrected chi connectivity index (χ0v) is 19.3. The van der Waals surface area contributed by atoms with Gasteiger partial charge in [-0.2, -0.15) is 0 Å². The summed E-state index contributed by atoms with van der Waals surface area (Å²) in [6.07, 6.45) is 3.85. The molecular weight excluding hydrogens is 442 g/mol. The van der Waals surface area contributed by atoms with Crippen LogP contribution in [0, 0.1) is 5.92 Å². The van der Waals surface area contributed by atoms with Crippen molar-refractivity contribution in [1.82, 2.24) is 4.90 Å². The fourth-order valence-corrected chi connectivity index (χ4v) is 7.42. The monoisotopic (exact) mass is 467 g/mol. The highest BCUT2D eigenvalue weighted by Gasteiger charge is 2.81. The van der Waals surface area contributed by atoms with Crippen LogP contribution in [-0.2, 0) is 27.0 Å². The molecule has 0 saturated carbocycles. The largest absolute Gasteiger partial charge is 0.461 e. The van der Waals surface area contributed by atoms with E-state index in [2.05, 4.69) is 28.5 Å². The molecule has 2 fully saturated rings. The van der Waals surface area contributed by atoms with E-state index in [1.807, 2.05) is 36.4 Å². The minimum atomic E-state index is -1.43. The SMILES string of the molecule is CCc1ccc2c(c1)[C@]1(C(=O)N2)N2CCC[C@H]2[C@@H](C(=O)c2ccco2)[C@]12C(=O)Nc1ccccc12. The third-order valence-electron chi connectivity index (χ3n) is 8.62. The molecule has 0 aliphatic carbocycles. The zero-order valence-electron chi connectivity index (χ0n) is 19.3. The quantitative estimate of drug-likeness (QED) is 0.571. The number of ketones is 1. The highest BCUT2D eigenvalue weighted by Crippen LogP contribution is 2.67. The van der Waals surface area contributed by atoms with Gasteiger partial charge in [-0.1, -0.05) is 37.3 Å². The maximum absolute atomic E-state index is 14.3. The number of hydrogen-bond donors (Lipinski definition) is 2. The molecule has 7 rings (SSSR count). The van der Waals surface area contributed by atoms with E-state index in [0.29, 0.717) is 23.5 Å². The molecule has 2 aromatic carbocycles. The van der Waals surface area contributed by atoms with Crippen LogP contribution in [-0.4, -0.2) is 35.1 Å². The molecule has 4 aliphatic heterocycles. The van der Waals surface area contributed by atoms with Gasteiger partial charge in [0, 0.05) is 23.0 Å². The minimum Gasteiger partial charge on any atom is -0.461 e. The Morgan fingerprint density at radius 1 is 1.03 bits per heavy atom. The van der Waals surface area contributed by atoms with E-state index in [4.69, 9.17) is 4.42 Å². The molecule has 0 unspecified atom stereocenters. The Morgan fingerprint density at radius 3 is 2.63 bits per heavy atom. The molecule has 2 amide bonds. The molecule has 7 nitrogen and oxygen atoms in total. The molecule has 0 bridgehead atoms. The van der Waals surface area contributed by atoms with Crippen LogP contribution in [0.1, 0.15) is 47.0 Å². The lowest BCUT2D eigenvalue weighted by Crippen LogP contribution is -2.62. The van der Waals surface area contributed by atoms with Gasteiger partial charge in [0.2, 0.25) is 11.7 Å². The normalized spacial score (nSPS) is 30.4. The number of aryl methyl sites for hydroxylation is 1. The highest BCUT2D eigenvalue weighted by atomic mass is 16.3. The second-order valence-electron chi connectivity index (χ2n) is 9.93. The van der Waals surface area contributed by atoms with Crippen LogP contribution in [0.25, 0.3) is 0 Å². The summed E-state index contributed by atoms with van der Waals surface area (Å²) in [6.45, 7) is 2.70. The van der Waals surface area contributed by atoms with Crippen molar-refractivity contribution in [2.75, 3.05) is 17.2 Å². The summed E-state index contributed by atoms with van der Waals surface area (Å²) in [6, 6.07) is 16.5. The van der Waals surface area contributed by atoms with Crippen molar-refractivity contribution in [2.45, 2.75) is 43.2 Å². The number of carbonyl (C=O) groups excluding carboxylic acids is 3. The van der Waals surface area contributed by atoms with Crippen LogP contribution >= 0.6 is 0 Å². The number of para-hydroxylation sites is 1. The van der Waals surface area contributed by atoms with E-state index in [0.717, 1.165) is 30.4 Å². The first kappa shape index (κ1) is 20.6. The Balaban J connectivity index is 1.61. The number of rotatable bonds is 3. The molecule has 0 radical (unpaired) electrons. The summed E-state index contributed by atoms with van der Waals surface area (Å²) in [5, 5.41) is 6.15. The lowest BCUT2D eigenvalue weighted by molar-refractivity contribution is -0.137. The van der Waals surface area contributed by atoms with Gasteiger partial charge in [0.25, 0.3) is 5.91 Å². The van der Waals surface area contributed by atoms with E-state index in [1.165, 1.54) is 6.26 Å². The molecule has 1 aromatic heterocycles. The number of nitrogens with one attached hydrogen (secondary N) is 2. The van der Waals surface area contributed by atoms with E-state index in [1.54, 1.807) is 12.1 Å². The molecule has 2 spiro atoms. The first-order chi connectivity index (χ1) is 17.0. The number of furan rings is 1. The van der Waals surface area contributed by atoms with Crippen molar-refractivity contribution in [2.24, 2.45) is 5.92 Å². The maximum atomic E-state index is 14.3. The van der Waals surface area contributed by atoms with Gasteiger partial charge < -0.3 is 15.1 Å². The molecule has 3 aromatic rings. The topological polar surface area (TPSA) is 91.7 Å². The van der Waals surface area contributed by atoms with Crippen molar-refractivity contribution >= 4 is 29.0 Å². The van der Waals surface area contributed by atoms with Crippen molar-refractivity contribution in [3.63, 3.8) is 0 Å². The molecule has 4 atom stereocenters. The van der Waals surface area contributed by atoms with Gasteiger partial charge in [0.15, 0.2) is 5.76 Å². The number of amides is 2. The second kappa shape index (κ2) is 6.92. The van der Waals surface area contributed by atoms with Crippen molar-refractivity contribution in [3.05, 3.63) is 83.3 Å². The van der Waals surface area contributed by atoms with Gasteiger partial charge >= 0.3 is 0 Å². The van der Waals surface area contributed by atoms with Gasteiger partial charge in [0.05, 0.1) is 12.2 Å². The average Bonchev–Trinajstić information content (AvgIpc) is 3.67. The fraction of sp³-hybridized carbons (Fsp3) is 0.321. The van der Waals surface area contributed by atoms with Crippen molar-refractivity contribution in [1.29, 1.82) is 0 Å². The van der Waals surface area contributed by atoms with E-state index in [-0.39, 0.29) is 29.4 Å². The summed E-state index contributed by atoms with van der Waals surface area (Å²) >= 11 is 0. The molecule has 5 heterocycles. The average molecular weight is 468 g/mol. The number of anilines is 2. The summed E-state index contributed by atoms with van der Waals surface area (Å²) in [5.41, 5.74) is 1.17. The Labute approximate surface area is 202 Å².